The van der Waals surface area contributed by atoms with Crippen molar-refractivity contribution in [3.05, 3.63) is 35.9 Å². The molecule has 12 nitrogen and oxygen atoms in total. The molecule has 2 aliphatic rings. The lowest BCUT2D eigenvalue weighted by Crippen LogP contribution is -2.61. The quantitative estimate of drug-likeness (QED) is 0.218. The van der Waals surface area contributed by atoms with Crippen LogP contribution in [-0.2, 0) is 18.9 Å². The Morgan fingerprint density at radius 1 is 0.812 bits per heavy atom. The first-order chi connectivity index (χ1) is 15.3. The Hall–Kier alpha value is -1.73. The highest BCUT2D eigenvalue weighted by atomic mass is 16.7. The number of hydrogen-bond donors (Lipinski definition) is 7. The summed E-state index contributed by atoms with van der Waals surface area (Å²) in [5, 5.41) is 79.1. The van der Waals surface area contributed by atoms with Crippen molar-refractivity contribution < 1.29 is 54.7 Å². The second-order valence-corrected chi connectivity index (χ2v) is 7.60. The maximum Gasteiger partial charge on any atom is 0.188 e. The third-order valence-electron chi connectivity index (χ3n) is 5.43. The molecule has 0 aromatic heterocycles. The van der Waals surface area contributed by atoms with E-state index in [1.165, 1.54) is 0 Å². The maximum absolute atomic E-state index is 10.3. The molecule has 2 fully saturated rings. The van der Waals surface area contributed by atoms with Gasteiger partial charge in [-0.05, 0) is 5.56 Å². The van der Waals surface area contributed by atoms with Gasteiger partial charge in [-0.1, -0.05) is 30.3 Å². The molecular weight excluding hydrogens is 430 g/mol. The predicted molar refractivity (Wildman–Crippen MR) is 102 cm³/mol. The molecule has 1 aromatic rings. The minimum atomic E-state index is -1.70. The Labute approximate surface area is 183 Å². The number of aliphatic hydroxyl groups excluding tert-OH is 7. The predicted octanol–water partition coefficient (Wildman–Crippen LogP) is -3.11. The van der Waals surface area contributed by atoms with E-state index < -0.39 is 80.7 Å². The van der Waals surface area contributed by atoms with Gasteiger partial charge in [0, 0.05) is 0 Å². The number of nitriles is 1. The lowest BCUT2D eigenvalue weighted by molar-refractivity contribution is -0.334. The van der Waals surface area contributed by atoms with E-state index in [0.717, 1.165) is 0 Å². The third-order valence-corrected chi connectivity index (χ3v) is 5.43. The first-order valence-electron chi connectivity index (χ1n) is 10.00. The van der Waals surface area contributed by atoms with Crippen molar-refractivity contribution in [2.75, 3.05) is 13.2 Å². The van der Waals surface area contributed by atoms with E-state index in [-0.39, 0.29) is 0 Å². The molecule has 0 aliphatic carbocycles. The van der Waals surface area contributed by atoms with Crippen molar-refractivity contribution in [2.24, 2.45) is 0 Å². The van der Waals surface area contributed by atoms with Gasteiger partial charge in [0.15, 0.2) is 18.7 Å². The number of rotatable bonds is 7. The van der Waals surface area contributed by atoms with E-state index in [4.69, 9.17) is 18.9 Å². The molecule has 11 atom stereocenters. The van der Waals surface area contributed by atoms with Crippen molar-refractivity contribution >= 4 is 0 Å². The maximum atomic E-state index is 10.3. The molecule has 0 bridgehead atoms. The van der Waals surface area contributed by atoms with E-state index in [1.54, 1.807) is 30.3 Å². The highest BCUT2D eigenvalue weighted by Crippen LogP contribution is 2.28. The summed E-state index contributed by atoms with van der Waals surface area (Å²) < 4.78 is 21.6. The van der Waals surface area contributed by atoms with E-state index in [2.05, 4.69) is 0 Å². The fourth-order valence-electron chi connectivity index (χ4n) is 3.51. The van der Waals surface area contributed by atoms with Gasteiger partial charge < -0.3 is 54.7 Å². The van der Waals surface area contributed by atoms with Crippen LogP contribution in [-0.4, -0.2) is 110 Å². The number of nitrogens with zero attached hydrogens (tertiary/aromatic N) is 1. The van der Waals surface area contributed by atoms with Crippen molar-refractivity contribution in [1.82, 2.24) is 0 Å². The van der Waals surface area contributed by atoms with Gasteiger partial charge in [-0.2, -0.15) is 5.26 Å². The molecule has 1 aromatic carbocycles. The molecule has 2 heterocycles. The summed E-state index contributed by atoms with van der Waals surface area (Å²) in [5.74, 6) is 0. The van der Waals surface area contributed by atoms with Crippen LogP contribution in [0.15, 0.2) is 30.3 Å². The van der Waals surface area contributed by atoms with Crippen molar-refractivity contribution in [2.45, 2.75) is 67.5 Å². The minimum Gasteiger partial charge on any atom is -0.394 e. The van der Waals surface area contributed by atoms with Crippen LogP contribution >= 0.6 is 0 Å². The number of hydrogen-bond acceptors (Lipinski definition) is 12. The second-order valence-electron chi connectivity index (χ2n) is 7.60. The molecule has 0 saturated carbocycles. The smallest absolute Gasteiger partial charge is 0.188 e. The van der Waals surface area contributed by atoms with E-state index >= 15 is 0 Å². The number of ether oxygens (including phenoxy) is 4. The average Bonchev–Trinajstić information content (AvgIpc) is 2.81. The molecule has 2 saturated heterocycles. The summed E-state index contributed by atoms with van der Waals surface area (Å²) in [5.41, 5.74) is 0.487. The van der Waals surface area contributed by atoms with Crippen LogP contribution in [0.25, 0.3) is 0 Å². The Morgan fingerprint density at radius 3 is 1.97 bits per heavy atom. The van der Waals surface area contributed by atoms with Crippen LogP contribution in [0.4, 0.5) is 0 Å². The zero-order valence-electron chi connectivity index (χ0n) is 16.9. The van der Waals surface area contributed by atoms with Crippen molar-refractivity contribution in [3.63, 3.8) is 0 Å². The van der Waals surface area contributed by atoms with Gasteiger partial charge in [0.2, 0.25) is 0 Å². The molecule has 178 valence electrons. The Morgan fingerprint density at radius 2 is 1.38 bits per heavy atom. The van der Waals surface area contributed by atoms with Crippen LogP contribution in [0.2, 0.25) is 0 Å². The molecule has 0 spiro atoms. The largest absolute Gasteiger partial charge is 0.394 e. The van der Waals surface area contributed by atoms with E-state index in [9.17, 15) is 41.0 Å². The minimum absolute atomic E-state index is 0.487. The first kappa shape index (κ1) is 24.9. The van der Waals surface area contributed by atoms with Crippen LogP contribution in [0, 0.1) is 11.3 Å². The molecule has 0 unspecified atom stereocenters. The fourth-order valence-corrected chi connectivity index (χ4v) is 3.51. The van der Waals surface area contributed by atoms with Crippen molar-refractivity contribution in [1.29, 1.82) is 5.26 Å². The van der Waals surface area contributed by atoms with Crippen LogP contribution in [0.3, 0.4) is 0 Å². The molecule has 0 amide bonds. The molecule has 12 heteroatoms. The summed E-state index contributed by atoms with van der Waals surface area (Å²) in [6.45, 7) is -1.14. The number of aliphatic hydroxyl groups is 7. The van der Waals surface area contributed by atoms with Gasteiger partial charge >= 0.3 is 0 Å². The Bertz CT molecular complexity index is 760. The summed E-state index contributed by atoms with van der Waals surface area (Å²) in [4.78, 5) is 0. The normalized spacial score (nSPS) is 41.1. The first-order valence-corrected chi connectivity index (χ1v) is 10.00. The van der Waals surface area contributed by atoms with Crippen molar-refractivity contribution in [3.8, 4) is 6.07 Å². The fraction of sp³-hybridized carbons (Fsp3) is 0.650. The molecular formula is C20H27NO11. The Kier molecular flexibility index (Phi) is 8.50. The van der Waals surface area contributed by atoms with E-state index in [0.29, 0.717) is 5.56 Å². The zero-order valence-corrected chi connectivity index (χ0v) is 16.9. The SMILES string of the molecule is N#C[C@H](O[C@H]1O[C@H](CO[C@@H]2O[C@H](CO)[C@@H](O)[C@H](O)[C@H]2O)[C@@H](O)[C@H](O)[C@@H]1O)c1ccccc1. The Balaban J connectivity index is 1.65. The lowest BCUT2D eigenvalue weighted by atomic mass is 9.98. The molecule has 32 heavy (non-hydrogen) atoms. The highest BCUT2D eigenvalue weighted by Gasteiger charge is 2.48. The monoisotopic (exact) mass is 457 g/mol. The van der Waals surface area contributed by atoms with Crippen LogP contribution in [0.1, 0.15) is 11.7 Å². The lowest BCUT2D eigenvalue weighted by Gasteiger charge is -2.43. The standard InChI is InChI=1S/C20H27NO11/c21-6-10(9-4-2-1-3-5-9)30-20-18(28)16(26)14(24)12(32-20)8-29-19-17(27)15(25)13(23)11(7-22)31-19/h1-5,10-20,22-28H,7-8H2/t10-,11+,12+,13+,14+,15-,16-,17+,18-,19+,20-/m0/s1. The zero-order chi connectivity index (χ0) is 23.4. The van der Waals surface area contributed by atoms with Gasteiger partial charge in [0.1, 0.15) is 48.8 Å². The molecule has 2 aliphatic heterocycles. The van der Waals surface area contributed by atoms with Crippen LogP contribution in [0.5, 0.6) is 0 Å². The summed E-state index contributed by atoms with van der Waals surface area (Å²) in [6.07, 6.45) is -16.5. The molecule has 7 N–H and O–H groups in total. The molecule has 0 radical (unpaired) electrons. The summed E-state index contributed by atoms with van der Waals surface area (Å²) >= 11 is 0. The van der Waals surface area contributed by atoms with Crippen LogP contribution < -0.4 is 0 Å². The molecule has 3 rings (SSSR count). The van der Waals surface area contributed by atoms with Gasteiger partial charge in [0.05, 0.1) is 19.3 Å². The topological polar surface area (TPSA) is 202 Å². The van der Waals surface area contributed by atoms with Gasteiger partial charge in [-0.25, -0.2) is 0 Å². The van der Waals surface area contributed by atoms with E-state index in [1.807, 2.05) is 6.07 Å². The highest BCUT2D eigenvalue weighted by molar-refractivity contribution is 5.22. The third kappa shape index (κ3) is 5.25. The summed E-state index contributed by atoms with van der Waals surface area (Å²) in [7, 11) is 0. The second kappa shape index (κ2) is 10.9. The van der Waals surface area contributed by atoms with Gasteiger partial charge in [0.25, 0.3) is 0 Å². The number of benzene rings is 1. The summed E-state index contributed by atoms with van der Waals surface area (Å²) in [6, 6.07) is 10.3. The van der Waals surface area contributed by atoms with Gasteiger partial charge in [-0.15, -0.1) is 0 Å². The average molecular weight is 457 g/mol. The van der Waals surface area contributed by atoms with Gasteiger partial charge in [-0.3, -0.25) is 0 Å².